The second-order valence-electron chi connectivity index (χ2n) is 4.83. The van der Waals surface area contributed by atoms with Gasteiger partial charge in [0.2, 0.25) is 5.91 Å². The summed E-state index contributed by atoms with van der Waals surface area (Å²) in [7, 11) is 3.29. The number of amides is 1. The first-order valence-corrected chi connectivity index (χ1v) is 6.93. The first-order valence-electron chi connectivity index (χ1n) is 6.93. The van der Waals surface area contributed by atoms with E-state index in [1.165, 1.54) is 0 Å². The second kappa shape index (κ2) is 9.33. The van der Waals surface area contributed by atoms with E-state index in [1.54, 1.807) is 14.2 Å². The Morgan fingerprint density at radius 2 is 1.86 bits per heavy atom. The number of anilines is 2. The number of hydrogen-bond acceptors (Lipinski definition) is 5. The van der Waals surface area contributed by atoms with E-state index in [9.17, 15) is 4.79 Å². The minimum Gasteiger partial charge on any atom is -0.398 e. The largest absolute Gasteiger partial charge is 0.398 e. The first-order chi connectivity index (χ1) is 10.1. The van der Waals surface area contributed by atoms with Gasteiger partial charge in [-0.3, -0.25) is 9.69 Å². The zero-order chi connectivity index (χ0) is 15.7. The molecule has 118 valence electrons. The number of carbonyl (C=O) groups excluding carboxylic acids is 1. The number of benzene rings is 1. The van der Waals surface area contributed by atoms with Crippen molar-refractivity contribution in [3.05, 3.63) is 23.8 Å². The van der Waals surface area contributed by atoms with Gasteiger partial charge in [0.25, 0.3) is 0 Å². The molecule has 3 N–H and O–H groups in total. The molecule has 0 aliphatic rings. The fourth-order valence-electron chi connectivity index (χ4n) is 1.89. The van der Waals surface area contributed by atoms with Crippen LogP contribution in [0.15, 0.2) is 18.2 Å². The van der Waals surface area contributed by atoms with Crippen LogP contribution in [0.25, 0.3) is 0 Å². The normalized spacial score (nSPS) is 10.9. The molecule has 0 aliphatic carbocycles. The van der Waals surface area contributed by atoms with Crippen LogP contribution in [-0.4, -0.2) is 57.9 Å². The van der Waals surface area contributed by atoms with Crippen LogP contribution in [0.5, 0.6) is 0 Å². The van der Waals surface area contributed by atoms with E-state index >= 15 is 0 Å². The molecule has 0 unspecified atom stereocenters. The number of nitrogens with zero attached hydrogens (tertiary/aromatic N) is 1. The van der Waals surface area contributed by atoms with Crippen molar-refractivity contribution in [3.63, 3.8) is 0 Å². The monoisotopic (exact) mass is 295 g/mol. The average molecular weight is 295 g/mol. The summed E-state index contributed by atoms with van der Waals surface area (Å²) in [5.41, 5.74) is 8.13. The molecule has 0 saturated heterocycles. The molecule has 6 heteroatoms. The molecule has 0 atom stereocenters. The molecule has 1 aromatic carbocycles. The maximum atomic E-state index is 12.1. The summed E-state index contributed by atoms with van der Waals surface area (Å²) in [6.45, 7) is 4.70. The van der Waals surface area contributed by atoms with Gasteiger partial charge in [0.05, 0.1) is 19.8 Å². The molecule has 0 aromatic heterocycles. The zero-order valence-electron chi connectivity index (χ0n) is 13.0. The van der Waals surface area contributed by atoms with Crippen LogP contribution in [0, 0.1) is 6.92 Å². The molecule has 0 aliphatic heterocycles. The molecule has 0 radical (unpaired) electrons. The van der Waals surface area contributed by atoms with Crippen molar-refractivity contribution in [1.29, 1.82) is 0 Å². The minimum absolute atomic E-state index is 0.0732. The van der Waals surface area contributed by atoms with Crippen LogP contribution in [0.4, 0.5) is 11.4 Å². The van der Waals surface area contributed by atoms with Crippen LogP contribution in [-0.2, 0) is 14.3 Å². The molecular weight excluding hydrogens is 270 g/mol. The Hall–Kier alpha value is -1.63. The maximum absolute atomic E-state index is 12.1. The highest BCUT2D eigenvalue weighted by Crippen LogP contribution is 2.20. The van der Waals surface area contributed by atoms with E-state index in [2.05, 4.69) is 5.32 Å². The van der Waals surface area contributed by atoms with Crippen LogP contribution in [0.1, 0.15) is 5.56 Å². The van der Waals surface area contributed by atoms with E-state index < -0.39 is 0 Å². The minimum atomic E-state index is -0.0732. The summed E-state index contributed by atoms with van der Waals surface area (Å²) in [6, 6.07) is 5.48. The van der Waals surface area contributed by atoms with E-state index in [4.69, 9.17) is 15.2 Å². The van der Waals surface area contributed by atoms with Crippen molar-refractivity contribution in [2.45, 2.75) is 6.92 Å². The van der Waals surface area contributed by atoms with Gasteiger partial charge in [-0.05, 0) is 24.6 Å². The van der Waals surface area contributed by atoms with Crippen molar-refractivity contribution < 1.29 is 14.3 Å². The number of ether oxygens (including phenoxy) is 2. The predicted molar refractivity (Wildman–Crippen MR) is 84.4 cm³/mol. The third kappa shape index (κ3) is 6.12. The quantitative estimate of drug-likeness (QED) is 0.667. The van der Waals surface area contributed by atoms with Crippen molar-refractivity contribution in [3.8, 4) is 0 Å². The number of nitrogens with two attached hydrogens (primary N) is 1. The molecule has 0 saturated carbocycles. The Kier molecular flexibility index (Phi) is 7.74. The Balaban J connectivity index is 2.57. The highest BCUT2D eigenvalue weighted by molar-refractivity contribution is 5.93. The standard InChI is InChI=1S/C15H25N3O3/c1-12-13(16)5-4-6-14(12)17-15(19)11-18(7-9-20-2)8-10-21-3/h4-6H,7-11,16H2,1-3H3,(H,17,19). The number of nitrogens with one attached hydrogen (secondary N) is 1. The molecule has 21 heavy (non-hydrogen) atoms. The fraction of sp³-hybridized carbons (Fsp3) is 0.533. The molecular formula is C15H25N3O3. The number of methoxy groups -OCH3 is 2. The van der Waals surface area contributed by atoms with Crippen molar-refractivity contribution in [1.82, 2.24) is 4.90 Å². The SMILES string of the molecule is COCCN(CCOC)CC(=O)Nc1cccc(N)c1C. The van der Waals surface area contributed by atoms with Gasteiger partial charge >= 0.3 is 0 Å². The average Bonchev–Trinajstić information content (AvgIpc) is 2.46. The molecule has 6 nitrogen and oxygen atoms in total. The Bertz CT molecular complexity index is 444. The third-order valence-electron chi connectivity index (χ3n) is 3.24. The van der Waals surface area contributed by atoms with Crippen LogP contribution in [0.3, 0.4) is 0 Å². The predicted octanol–water partition coefficient (Wildman–Crippen LogP) is 1.11. The number of hydrogen-bond donors (Lipinski definition) is 2. The lowest BCUT2D eigenvalue weighted by molar-refractivity contribution is -0.117. The lowest BCUT2D eigenvalue weighted by atomic mass is 10.1. The van der Waals surface area contributed by atoms with Gasteiger partial charge in [0, 0.05) is 38.7 Å². The lowest BCUT2D eigenvalue weighted by Crippen LogP contribution is -2.37. The topological polar surface area (TPSA) is 76.8 Å². The first kappa shape index (κ1) is 17.4. The molecule has 1 amide bonds. The number of nitrogen functional groups attached to an aromatic ring is 1. The van der Waals surface area contributed by atoms with Gasteiger partial charge in [-0.2, -0.15) is 0 Å². The van der Waals surface area contributed by atoms with Gasteiger partial charge in [0.1, 0.15) is 0 Å². The molecule has 0 bridgehead atoms. The number of carbonyl (C=O) groups is 1. The summed E-state index contributed by atoms with van der Waals surface area (Å²) < 4.78 is 10.1. The second-order valence-corrected chi connectivity index (χ2v) is 4.83. The summed E-state index contributed by atoms with van der Waals surface area (Å²) >= 11 is 0. The maximum Gasteiger partial charge on any atom is 0.238 e. The molecule has 0 fully saturated rings. The summed E-state index contributed by atoms with van der Waals surface area (Å²) in [5.74, 6) is -0.0732. The van der Waals surface area contributed by atoms with Gasteiger partial charge in [-0.15, -0.1) is 0 Å². The molecule has 0 heterocycles. The van der Waals surface area contributed by atoms with Crippen molar-refractivity contribution >= 4 is 17.3 Å². The Labute approximate surface area is 126 Å². The van der Waals surface area contributed by atoms with Crippen LogP contribution >= 0.6 is 0 Å². The Morgan fingerprint density at radius 3 is 2.43 bits per heavy atom. The van der Waals surface area contributed by atoms with Gasteiger partial charge in [-0.1, -0.05) is 6.07 Å². The molecule has 1 aromatic rings. The van der Waals surface area contributed by atoms with Gasteiger partial charge in [0.15, 0.2) is 0 Å². The van der Waals surface area contributed by atoms with E-state index in [1.807, 2.05) is 30.0 Å². The van der Waals surface area contributed by atoms with E-state index in [-0.39, 0.29) is 5.91 Å². The van der Waals surface area contributed by atoms with Crippen LogP contribution in [0.2, 0.25) is 0 Å². The Morgan fingerprint density at radius 1 is 1.24 bits per heavy atom. The zero-order valence-corrected chi connectivity index (χ0v) is 13.0. The van der Waals surface area contributed by atoms with E-state index in [0.29, 0.717) is 38.5 Å². The lowest BCUT2D eigenvalue weighted by Gasteiger charge is -2.21. The summed E-state index contributed by atoms with van der Waals surface area (Å²) in [6.07, 6.45) is 0. The van der Waals surface area contributed by atoms with Gasteiger partial charge < -0.3 is 20.5 Å². The number of rotatable bonds is 9. The molecule has 1 rings (SSSR count). The molecule has 0 spiro atoms. The highest BCUT2D eigenvalue weighted by atomic mass is 16.5. The summed E-state index contributed by atoms with van der Waals surface area (Å²) in [4.78, 5) is 14.1. The third-order valence-corrected chi connectivity index (χ3v) is 3.24. The smallest absolute Gasteiger partial charge is 0.238 e. The summed E-state index contributed by atoms with van der Waals surface area (Å²) in [5, 5.41) is 2.89. The highest BCUT2D eigenvalue weighted by Gasteiger charge is 2.12. The van der Waals surface area contributed by atoms with Crippen LogP contribution < -0.4 is 11.1 Å². The van der Waals surface area contributed by atoms with Crippen molar-refractivity contribution in [2.75, 3.05) is 58.1 Å². The van der Waals surface area contributed by atoms with Gasteiger partial charge in [-0.25, -0.2) is 0 Å². The van der Waals surface area contributed by atoms with Crippen molar-refractivity contribution in [2.24, 2.45) is 0 Å². The fourth-order valence-corrected chi connectivity index (χ4v) is 1.89. The van der Waals surface area contributed by atoms with E-state index in [0.717, 1.165) is 11.3 Å².